The third-order valence-electron chi connectivity index (χ3n) is 3.88. The van der Waals surface area contributed by atoms with Crippen molar-refractivity contribution in [3.63, 3.8) is 0 Å². The standard InChI is InChI=1S/C13H26N4O3/c1-2-19-13(18)16-7-10-9-17(5-6-20-10)12-3-4-15-8-11(12)14/h10-12,15H,2-9,14H2,1H3,(H,16,18). The molecule has 0 spiro atoms. The largest absolute Gasteiger partial charge is 0.450 e. The topological polar surface area (TPSA) is 88.9 Å². The normalized spacial score (nSPS) is 31.8. The summed E-state index contributed by atoms with van der Waals surface area (Å²) in [4.78, 5) is 13.7. The molecule has 7 heteroatoms. The lowest BCUT2D eigenvalue weighted by atomic mass is 9.99. The zero-order valence-corrected chi connectivity index (χ0v) is 12.1. The molecular formula is C13H26N4O3. The molecule has 0 bridgehead atoms. The average molecular weight is 286 g/mol. The van der Waals surface area contributed by atoms with E-state index in [-0.39, 0.29) is 18.2 Å². The molecule has 0 aromatic rings. The highest BCUT2D eigenvalue weighted by atomic mass is 16.5. The molecule has 0 aromatic carbocycles. The number of ether oxygens (including phenoxy) is 2. The Hall–Kier alpha value is -0.890. The summed E-state index contributed by atoms with van der Waals surface area (Å²) in [6.45, 7) is 6.94. The fourth-order valence-corrected chi connectivity index (χ4v) is 2.87. The van der Waals surface area contributed by atoms with Gasteiger partial charge in [-0.15, -0.1) is 0 Å². The molecule has 0 aliphatic carbocycles. The summed E-state index contributed by atoms with van der Waals surface area (Å²) < 4.78 is 10.5. The highest BCUT2D eigenvalue weighted by Gasteiger charge is 2.31. The van der Waals surface area contributed by atoms with Crippen LogP contribution in [0.2, 0.25) is 0 Å². The first-order chi connectivity index (χ1) is 9.70. The van der Waals surface area contributed by atoms with Crippen molar-refractivity contribution in [1.82, 2.24) is 15.5 Å². The monoisotopic (exact) mass is 286 g/mol. The minimum Gasteiger partial charge on any atom is -0.450 e. The van der Waals surface area contributed by atoms with Crippen LogP contribution in [0.1, 0.15) is 13.3 Å². The van der Waals surface area contributed by atoms with Gasteiger partial charge in [-0.3, -0.25) is 4.90 Å². The molecular weight excluding hydrogens is 260 g/mol. The minimum atomic E-state index is -0.383. The van der Waals surface area contributed by atoms with Crippen LogP contribution in [0.15, 0.2) is 0 Å². The molecule has 116 valence electrons. The molecule has 0 saturated carbocycles. The quantitative estimate of drug-likeness (QED) is 0.622. The summed E-state index contributed by atoms with van der Waals surface area (Å²) in [6, 6.07) is 0.575. The second kappa shape index (κ2) is 7.78. The van der Waals surface area contributed by atoms with Gasteiger partial charge in [0.05, 0.1) is 19.3 Å². The first kappa shape index (κ1) is 15.5. The van der Waals surface area contributed by atoms with Gasteiger partial charge < -0.3 is 25.8 Å². The van der Waals surface area contributed by atoms with E-state index in [0.717, 1.165) is 32.6 Å². The Morgan fingerprint density at radius 1 is 1.60 bits per heavy atom. The van der Waals surface area contributed by atoms with E-state index >= 15 is 0 Å². The van der Waals surface area contributed by atoms with Crippen molar-refractivity contribution in [1.29, 1.82) is 0 Å². The van der Waals surface area contributed by atoms with Crippen molar-refractivity contribution in [3.05, 3.63) is 0 Å². The van der Waals surface area contributed by atoms with Gasteiger partial charge in [-0.1, -0.05) is 0 Å². The van der Waals surface area contributed by atoms with Crippen molar-refractivity contribution in [2.45, 2.75) is 31.5 Å². The molecule has 3 atom stereocenters. The van der Waals surface area contributed by atoms with Gasteiger partial charge >= 0.3 is 6.09 Å². The van der Waals surface area contributed by atoms with E-state index in [2.05, 4.69) is 15.5 Å². The number of morpholine rings is 1. The van der Waals surface area contributed by atoms with Gasteiger partial charge in [0.25, 0.3) is 0 Å². The van der Waals surface area contributed by atoms with Crippen molar-refractivity contribution in [2.24, 2.45) is 5.73 Å². The van der Waals surface area contributed by atoms with Crippen LogP contribution in [0.3, 0.4) is 0 Å². The van der Waals surface area contributed by atoms with E-state index in [9.17, 15) is 4.79 Å². The maximum atomic E-state index is 11.3. The van der Waals surface area contributed by atoms with Gasteiger partial charge in [-0.2, -0.15) is 0 Å². The van der Waals surface area contributed by atoms with E-state index in [4.69, 9.17) is 15.2 Å². The Bertz CT molecular complexity index is 316. The molecule has 4 N–H and O–H groups in total. The van der Waals surface area contributed by atoms with Crippen LogP contribution in [0.25, 0.3) is 0 Å². The van der Waals surface area contributed by atoms with Gasteiger partial charge in [-0.05, 0) is 19.9 Å². The van der Waals surface area contributed by atoms with Gasteiger partial charge in [0.15, 0.2) is 0 Å². The van der Waals surface area contributed by atoms with Crippen LogP contribution in [0.4, 0.5) is 4.79 Å². The maximum absolute atomic E-state index is 11.3. The fraction of sp³-hybridized carbons (Fsp3) is 0.923. The first-order valence-electron chi connectivity index (χ1n) is 7.43. The van der Waals surface area contributed by atoms with E-state index in [1.807, 2.05) is 0 Å². The number of rotatable bonds is 4. The van der Waals surface area contributed by atoms with Crippen molar-refractivity contribution in [2.75, 3.05) is 45.9 Å². The number of nitrogens with two attached hydrogens (primary N) is 1. The number of piperidine rings is 1. The molecule has 7 nitrogen and oxygen atoms in total. The van der Waals surface area contributed by atoms with Crippen molar-refractivity contribution < 1.29 is 14.3 Å². The number of carbonyl (C=O) groups excluding carboxylic acids is 1. The van der Waals surface area contributed by atoms with Crippen LogP contribution >= 0.6 is 0 Å². The van der Waals surface area contributed by atoms with Crippen LogP contribution in [-0.4, -0.2) is 75.1 Å². The predicted molar refractivity (Wildman–Crippen MR) is 75.6 cm³/mol. The Balaban J connectivity index is 1.77. The lowest BCUT2D eigenvalue weighted by Crippen LogP contribution is -2.60. The summed E-state index contributed by atoms with van der Waals surface area (Å²) in [5.41, 5.74) is 6.18. The molecule has 2 heterocycles. The smallest absolute Gasteiger partial charge is 0.407 e. The highest BCUT2D eigenvalue weighted by Crippen LogP contribution is 2.15. The summed E-state index contributed by atoms with van der Waals surface area (Å²) in [6.07, 6.45) is 0.696. The van der Waals surface area contributed by atoms with Gasteiger partial charge in [0.1, 0.15) is 0 Å². The molecule has 2 rings (SSSR count). The van der Waals surface area contributed by atoms with Crippen LogP contribution in [-0.2, 0) is 9.47 Å². The molecule has 2 aliphatic heterocycles. The van der Waals surface area contributed by atoms with Gasteiger partial charge in [0, 0.05) is 38.3 Å². The lowest BCUT2D eigenvalue weighted by Gasteiger charge is -2.42. The zero-order valence-electron chi connectivity index (χ0n) is 12.1. The van der Waals surface area contributed by atoms with Crippen molar-refractivity contribution in [3.8, 4) is 0 Å². The summed E-state index contributed by atoms with van der Waals surface area (Å²) >= 11 is 0. The highest BCUT2D eigenvalue weighted by molar-refractivity contribution is 5.67. The molecule has 1 amide bonds. The van der Waals surface area contributed by atoms with E-state index in [1.165, 1.54) is 0 Å². The SMILES string of the molecule is CCOC(=O)NCC1CN(C2CCNCC2N)CCO1. The number of nitrogens with zero attached hydrogens (tertiary/aromatic N) is 1. The molecule has 3 unspecified atom stereocenters. The fourth-order valence-electron chi connectivity index (χ4n) is 2.87. The van der Waals surface area contributed by atoms with Crippen molar-refractivity contribution >= 4 is 6.09 Å². The Morgan fingerprint density at radius 3 is 3.20 bits per heavy atom. The number of amides is 1. The average Bonchev–Trinajstić information content (AvgIpc) is 2.46. The molecule has 0 aromatic heterocycles. The molecule has 2 fully saturated rings. The Morgan fingerprint density at radius 2 is 2.45 bits per heavy atom. The number of carbonyl (C=O) groups is 1. The van der Waals surface area contributed by atoms with E-state index in [0.29, 0.717) is 25.8 Å². The number of nitrogens with one attached hydrogen (secondary N) is 2. The van der Waals surface area contributed by atoms with Gasteiger partial charge in [0.2, 0.25) is 0 Å². The Kier molecular flexibility index (Phi) is 6.03. The van der Waals surface area contributed by atoms with E-state index < -0.39 is 0 Å². The number of hydrogen-bond donors (Lipinski definition) is 3. The third-order valence-corrected chi connectivity index (χ3v) is 3.88. The minimum absolute atomic E-state index is 0.00948. The first-order valence-corrected chi connectivity index (χ1v) is 7.43. The number of hydrogen-bond acceptors (Lipinski definition) is 6. The Labute approximate surface area is 120 Å². The second-order valence-corrected chi connectivity index (χ2v) is 5.31. The summed E-state index contributed by atoms with van der Waals surface area (Å²) in [5, 5.41) is 6.04. The molecule has 20 heavy (non-hydrogen) atoms. The number of alkyl carbamates (subject to hydrolysis) is 1. The predicted octanol–water partition coefficient (Wildman–Crippen LogP) is -0.877. The maximum Gasteiger partial charge on any atom is 0.407 e. The lowest BCUT2D eigenvalue weighted by molar-refractivity contribution is -0.0482. The van der Waals surface area contributed by atoms with E-state index in [1.54, 1.807) is 6.92 Å². The second-order valence-electron chi connectivity index (χ2n) is 5.31. The summed E-state index contributed by atoms with van der Waals surface area (Å²) in [7, 11) is 0. The van der Waals surface area contributed by atoms with Gasteiger partial charge in [-0.25, -0.2) is 4.79 Å². The van der Waals surface area contributed by atoms with Crippen LogP contribution < -0.4 is 16.4 Å². The molecule has 2 saturated heterocycles. The van der Waals surface area contributed by atoms with Crippen LogP contribution in [0.5, 0.6) is 0 Å². The third kappa shape index (κ3) is 4.31. The molecule has 2 aliphatic rings. The summed E-state index contributed by atoms with van der Waals surface area (Å²) in [5.74, 6) is 0. The van der Waals surface area contributed by atoms with Crippen LogP contribution in [0, 0.1) is 0 Å². The zero-order chi connectivity index (χ0) is 14.4. The molecule has 0 radical (unpaired) electrons.